The van der Waals surface area contributed by atoms with Crippen LogP contribution in [0.25, 0.3) is 11.3 Å². The Kier molecular flexibility index (Phi) is 5.41. The average Bonchev–Trinajstić information content (AvgIpc) is 3.32. The van der Waals surface area contributed by atoms with Gasteiger partial charge in [0.2, 0.25) is 0 Å². The van der Waals surface area contributed by atoms with Gasteiger partial charge in [0.1, 0.15) is 0 Å². The molecule has 4 rings (SSSR count). The number of thioether (sulfide) groups is 1. The molecule has 0 N–H and O–H groups in total. The van der Waals surface area contributed by atoms with Gasteiger partial charge in [0.15, 0.2) is 16.6 Å². The van der Waals surface area contributed by atoms with E-state index >= 15 is 0 Å². The first-order chi connectivity index (χ1) is 14.5. The Morgan fingerprint density at radius 3 is 2.57 bits per heavy atom. The van der Waals surface area contributed by atoms with Crippen molar-refractivity contribution in [1.82, 2.24) is 19.2 Å². The number of esters is 1. The lowest BCUT2D eigenvalue weighted by Crippen LogP contribution is -2.06. The fourth-order valence-electron chi connectivity index (χ4n) is 3.43. The number of aromatic nitrogens is 4. The zero-order valence-corrected chi connectivity index (χ0v) is 17.6. The molecule has 0 saturated heterocycles. The third-order valence-corrected chi connectivity index (χ3v) is 5.84. The highest BCUT2D eigenvalue weighted by atomic mass is 32.2. The van der Waals surface area contributed by atoms with Crippen LogP contribution in [-0.2, 0) is 4.74 Å². The van der Waals surface area contributed by atoms with E-state index in [9.17, 15) is 9.59 Å². The van der Waals surface area contributed by atoms with Gasteiger partial charge < -0.3 is 9.30 Å². The van der Waals surface area contributed by atoms with Gasteiger partial charge in [0, 0.05) is 28.8 Å². The Labute approximate surface area is 177 Å². The molecular weight excluding hydrogens is 400 g/mol. The number of carbonyl (C=O) groups excluding carboxylic acids is 2. The van der Waals surface area contributed by atoms with Gasteiger partial charge in [-0.25, -0.2) is 4.79 Å². The molecule has 0 unspecified atom stereocenters. The van der Waals surface area contributed by atoms with Crippen LogP contribution < -0.4 is 0 Å². The van der Waals surface area contributed by atoms with Crippen molar-refractivity contribution in [2.24, 2.45) is 0 Å². The van der Waals surface area contributed by atoms with Crippen molar-refractivity contribution in [1.29, 1.82) is 0 Å². The lowest BCUT2D eigenvalue weighted by atomic mass is 10.2. The maximum absolute atomic E-state index is 12.9. The molecule has 3 heterocycles. The van der Waals surface area contributed by atoms with Crippen molar-refractivity contribution in [3.8, 4) is 5.69 Å². The first kappa shape index (κ1) is 19.9. The van der Waals surface area contributed by atoms with Gasteiger partial charge in [-0.1, -0.05) is 17.8 Å². The number of benzene rings is 1. The minimum absolute atomic E-state index is 0.0261. The highest BCUT2D eigenvalue weighted by molar-refractivity contribution is 7.99. The number of rotatable bonds is 6. The van der Waals surface area contributed by atoms with Crippen LogP contribution in [0.3, 0.4) is 0 Å². The van der Waals surface area contributed by atoms with E-state index in [2.05, 4.69) is 10.2 Å². The summed E-state index contributed by atoms with van der Waals surface area (Å²) in [5.74, 6) is -0.0871. The van der Waals surface area contributed by atoms with Crippen LogP contribution in [0.15, 0.2) is 59.9 Å². The van der Waals surface area contributed by atoms with Crippen molar-refractivity contribution in [2.75, 3.05) is 12.9 Å². The Balaban J connectivity index is 1.55. The molecule has 0 radical (unpaired) electrons. The Hall–Kier alpha value is -3.39. The molecule has 8 heteroatoms. The first-order valence-corrected chi connectivity index (χ1v) is 10.3. The molecule has 30 heavy (non-hydrogen) atoms. The lowest BCUT2D eigenvalue weighted by molar-refractivity contribution is 0.0600. The Morgan fingerprint density at radius 2 is 1.83 bits per heavy atom. The number of ether oxygens (including phenoxy) is 1. The second-order valence-electron chi connectivity index (χ2n) is 6.78. The number of hydrogen-bond donors (Lipinski definition) is 0. The third kappa shape index (κ3) is 3.61. The SMILES string of the molecule is COC(=O)c1ccc(-n2c(C)cc(C(=O)CSc3nnc4ccccn34)c2C)cc1. The van der Waals surface area contributed by atoms with E-state index in [-0.39, 0.29) is 17.5 Å². The zero-order valence-electron chi connectivity index (χ0n) is 16.8. The summed E-state index contributed by atoms with van der Waals surface area (Å²) in [7, 11) is 1.36. The van der Waals surface area contributed by atoms with Crippen LogP contribution in [0, 0.1) is 13.8 Å². The van der Waals surface area contributed by atoms with Crippen molar-refractivity contribution in [3.63, 3.8) is 0 Å². The second-order valence-corrected chi connectivity index (χ2v) is 7.72. The molecule has 7 nitrogen and oxygen atoms in total. The highest BCUT2D eigenvalue weighted by Gasteiger charge is 2.18. The summed E-state index contributed by atoms with van der Waals surface area (Å²) in [6, 6.07) is 14.7. The largest absolute Gasteiger partial charge is 0.465 e. The van der Waals surface area contributed by atoms with Crippen LogP contribution in [0.1, 0.15) is 32.1 Å². The molecule has 0 saturated carbocycles. The molecule has 152 valence electrons. The van der Waals surface area contributed by atoms with E-state index in [1.54, 1.807) is 12.1 Å². The Morgan fingerprint density at radius 1 is 1.07 bits per heavy atom. The van der Waals surface area contributed by atoms with Crippen LogP contribution in [0.4, 0.5) is 0 Å². The monoisotopic (exact) mass is 420 g/mol. The lowest BCUT2D eigenvalue weighted by Gasteiger charge is -2.10. The van der Waals surface area contributed by atoms with E-state index < -0.39 is 0 Å². The predicted molar refractivity (Wildman–Crippen MR) is 115 cm³/mol. The summed E-state index contributed by atoms with van der Waals surface area (Å²) in [5.41, 5.74) is 4.59. The molecule has 0 bridgehead atoms. The van der Waals surface area contributed by atoms with Gasteiger partial charge in [-0.2, -0.15) is 0 Å². The normalized spacial score (nSPS) is 11.0. The summed E-state index contributed by atoms with van der Waals surface area (Å²) in [5, 5.41) is 8.96. The molecule has 3 aromatic heterocycles. The second kappa shape index (κ2) is 8.16. The molecular formula is C22H20N4O3S. The average molecular weight is 420 g/mol. The van der Waals surface area contributed by atoms with Gasteiger partial charge in [0.05, 0.1) is 18.4 Å². The molecule has 1 aromatic carbocycles. The maximum atomic E-state index is 12.9. The van der Waals surface area contributed by atoms with Crippen molar-refractivity contribution in [2.45, 2.75) is 19.0 Å². The maximum Gasteiger partial charge on any atom is 0.337 e. The highest BCUT2D eigenvalue weighted by Crippen LogP contribution is 2.24. The standard InChI is InChI=1S/C22H20N4O3S/c1-14-12-18(15(2)26(14)17-9-7-16(8-10-17)21(28)29-3)19(27)13-30-22-24-23-20-6-4-5-11-25(20)22/h4-12H,13H2,1-3H3. The van der Waals surface area contributed by atoms with Gasteiger partial charge >= 0.3 is 5.97 Å². The molecule has 0 aliphatic carbocycles. The number of fused-ring (bicyclic) bond motifs is 1. The number of carbonyl (C=O) groups is 2. The van der Waals surface area contributed by atoms with Gasteiger partial charge in [-0.05, 0) is 56.3 Å². The number of methoxy groups -OCH3 is 1. The summed E-state index contributed by atoms with van der Waals surface area (Å²) < 4.78 is 8.62. The number of ketones is 1. The number of nitrogens with zero attached hydrogens (tertiary/aromatic N) is 4. The van der Waals surface area contributed by atoms with E-state index in [4.69, 9.17) is 4.74 Å². The fraction of sp³-hybridized carbons (Fsp3) is 0.182. The molecule has 4 aromatic rings. The van der Waals surface area contributed by atoms with E-state index in [1.807, 2.05) is 65.4 Å². The third-order valence-electron chi connectivity index (χ3n) is 4.89. The van der Waals surface area contributed by atoms with E-state index in [1.165, 1.54) is 18.9 Å². The summed E-state index contributed by atoms with van der Waals surface area (Å²) >= 11 is 1.37. The van der Waals surface area contributed by atoms with Crippen molar-refractivity contribution in [3.05, 3.63) is 77.2 Å². The minimum Gasteiger partial charge on any atom is -0.465 e. The van der Waals surface area contributed by atoms with Crippen LogP contribution >= 0.6 is 11.8 Å². The smallest absolute Gasteiger partial charge is 0.337 e. The number of pyridine rings is 1. The van der Waals surface area contributed by atoms with E-state index in [0.717, 1.165) is 22.7 Å². The number of hydrogen-bond acceptors (Lipinski definition) is 6. The number of aryl methyl sites for hydroxylation is 1. The van der Waals surface area contributed by atoms with Gasteiger partial charge in [-0.15, -0.1) is 10.2 Å². The van der Waals surface area contributed by atoms with E-state index in [0.29, 0.717) is 16.3 Å². The molecule has 0 atom stereocenters. The van der Waals surface area contributed by atoms with Gasteiger partial charge in [-0.3, -0.25) is 9.20 Å². The van der Waals surface area contributed by atoms with Crippen LogP contribution in [0.2, 0.25) is 0 Å². The van der Waals surface area contributed by atoms with Crippen LogP contribution in [0.5, 0.6) is 0 Å². The van der Waals surface area contributed by atoms with Crippen molar-refractivity contribution < 1.29 is 14.3 Å². The summed E-state index contributed by atoms with van der Waals surface area (Å²) in [6.07, 6.45) is 1.88. The molecule has 0 aliphatic rings. The molecule has 0 amide bonds. The molecule has 0 aliphatic heterocycles. The molecule has 0 spiro atoms. The number of Topliss-reactive ketones (excluding diaryl/α,β-unsaturated/α-hetero) is 1. The van der Waals surface area contributed by atoms with Crippen molar-refractivity contribution >= 4 is 29.2 Å². The topological polar surface area (TPSA) is 78.5 Å². The Bertz CT molecular complexity index is 1240. The van der Waals surface area contributed by atoms with Gasteiger partial charge in [0.25, 0.3) is 0 Å². The summed E-state index contributed by atoms with van der Waals surface area (Å²) in [6.45, 7) is 3.88. The fourth-order valence-corrected chi connectivity index (χ4v) is 4.24. The molecule has 0 fully saturated rings. The van der Waals surface area contributed by atoms with Crippen LogP contribution in [-0.4, -0.2) is 43.8 Å². The predicted octanol–water partition coefficient (Wildman–Crippen LogP) is 3.90. The quantitative estimate of drug-likeness (QED) is 0.267. The minimum atomic E-state index is -0.378. The zero-order chi connectivity index (χ0) is 21.3. The summed E-state index contributed by atoms with van der Waals surface area (Å²) in [4.78, 5) is 24.6. The first-order valence-electron chi connectivity index (χ1n) is 9.33.